The summed E-state index contributed by atoms with van der Waals surface area (Å²) in [4.78, 5) is 0. The summed E-state index contributed by atoms with van der Waals surface area (Å²) in [5.41, 5.74) is 1.56. The molecule has 0 atom stereocenters. The van der Waals surface area contributed by atoms with Crippen molar-refractivity contribution >= 4 is 0 Å². The van der Waals surface area contributed by atoms with Crippen LogP contribution in [0.5, 0.6) is 0 Å². The Morgan fingerprint density at radius 1 is 1.08 bits per heavy atom. The number of hydrogen-bond donors (Lipinski definition) is 1. The third kappa shape index (κ3) is 12.3. The van der Waals surface area contributed by atoms with Gasteiger partial charge in [0.15, 0.2) is 0 Å². The van der Waals surface area contributed by atoms with Gasteiger partial charge in [0.05, 0.1) is 12.2 Å². The van der Waals surface area contributed by atoms with E-state index >= 15 is 0 Å². The zero-order valence-corrected chi connectivity index (χ0v) is 16.4. The molecule has 0 amide bonds. The molecule has 0 aromatic rings. The fourth-order valence-electron chi connectivity index (χ4n) is 2.33. The molecule has 0 aliphatic carbocycles. The lowest BCUT2D eigenvalue weighted by atomic mass is 10.0. The maximum Gasteiger partial charge on any atom is 0.130 e. The monoisotopic (exact) mass is 348 g/mol. The molecule has 142 valence electrons. The molecule has 25 heavy (non-hydrogen) atoms. The summed E-state index contributed by atoms with van der Waals surface area (Å²) in [6.45, 7) is 10.5. The van der Waals surface area contributed by atoms with Gasteiger partial charge in [-0.3, -0.25) is 0 Å². The smallest absolute Gasteiger partial charge is 0.130 e. The standard InChI is InChI=1S/C21H36N2O2/c1-5-7-9-10-17-25-19(3)21(18-22)20(12-8-6-2)13-15-23-14-11-16-24-4/h13,15,23H,3,5-12,14,16-17H2,1-2,4H3/b15-13+,21-20-. The van der Waals surface area contributed by atoms with Gasteiger partial charge in [-0.2, -0.15) is 5.26 Å². The number of allylic oxidation sites excluding steroid dienone is 3. The minimum atomic E-state index is 0.495. The summed E-state index contributed by atoms with van der Waals surface area (Å²) in [6, 6.07) is 2.28. The van der Waals surface area contributed by atoms with Crippen LogP contribution in [0.15, 0.2) is 35.8 Å². The van der Waals surface area contributed by atoms with Crippen molar-refractivity contribution in [2.45, 2.75) is 65.2 Å². The van der Waals surface area contributed by atoms with Crippen LogP contribution in [-0.2, 0) is 9.47 Å². The van der Waals surface area contributed by atoms with Crippen molar-refractivity contribution in [1.82, 2.24) is 5.32 Å². The van der Waals surface area contributed by atoms with E-state index < -0.39 is 0 Å². The molecule has 0 saturated carbocycles. The molecule has 0 spiro atoms. The number of nitrogens with one attached hydrogen (secondary N) is 1. The Morgan fingerprint density at radius 3 is 2.48 bits per heavy atom. The van der Waals surface area contributed by atoms with Gasteiger partial charge in [0.25, 0.3) is 0 Å². The predicted octanol–water partition coefficient (Wildman–Crippen LogP) is 5.25. The highest BCUT2D eigenvalue weighted by Gasteiger charge is 2.09. The number of rotatable bonds is 16. The van der Waals surface area contributed by atoms with E-state index in [4.69, 9.17) is 9.47 Å². The summed E-state index contributed by atoms with van der Waals surface area (Å²) in [6.07, 6.45) is 12.4. The van der Waals surface area contributed by atoms with Crippen molar-refractivity contribution in [3.63, 3.8) is 0 Å². The van der Waals surface area contributed by atoms with Crippen LogP contribution < -0.4 is 5.32 Å². The summed E-state index contributed by atoms with van der Waals surface area (Å²) >= 11 is 0. The molecular weight excluding hydrogens is 312 g/mol. The van der Waals surface area contributed by atoms with Gasteiger partial charge in [-0.25, -0.2) is 0 Å². The van der Waals surface area contributed by atoms with E-state index in [1.807, 2.05) is 12.3 Å². The van der Waals surface area contributed by atoms with Crippen LogP contribution >= 0.6 is 0 Å². The quantitative estimate of drug-likeness (QED) is 0.179. The highest BCUT2D eigenvalue weighted by molar-refractivity contribution is 5.45. The minimum absolute atomic E-state index is 0.495. The average molecular weight is 349 g/mol. The number of methoxy groups -OCH3 is 1. The van der Waals surface area contributed by atoms with E-state index in [2.05, 4.69) is 31.8 Å². The third-order valence-corrected chi connectivity index (χ3v) is 3.86. The molecule has 0 fully saturated rings. The van der Waals surface area contributed by atoms with Crippen molar-refractivity contribution in [1.29, 1.82) is 5.26 Å². The highest BCUT2D eigenvalue weighted by atomic mass is 16.5. The second-order valence-corrected chi connectivity index (χ2v) is 6.08. The van der Waals surface area contributed by atoms with E-state index in [1.165, 1.54) is 12.8 Å². The Morgan fingerprint density at radius 2 is 1.84 bits per heavy atom. The number of ether oxygens (including phenoxy) is 2. The Kier molecular flexibility index (Phi) is 15.9. The lowest BCUT2D eigenvalue weighted by Gasteiger charge is -2.11. The molecule has 4 nitrogen and oxygen atoms in total. The van der Waals surface area contributed by atoms with Gasteiger partial charge in [0.1, 0.15) is 11.8 Å². The number of nitriles is 1. The van der Waals surface area contributed by atoms with E-state index in [-0.39, 0.29) is 0 Å². The zero-order chi connectivity index (χ0) is 18.8. The fraction of sp³-hybridized carbons (Fsp3) is 0.667. The van der Waals surface area contributed by atoms with Gasteiger partial charge in [-0.05, 0) is 43.5 Å². The Hall–Kier alpha value is -1.73. The van der Waals surface area contributed by atoms with Gasteiger partial charge in [0.2, 0.25) is 0 Å². The molecule has 0 bridgehead atoms. The molecule has 0 saturated heterocycles. The summed E-state index contributed by atoms with van der Waals surface area (Å²) in [5.74, 6) is 0.495. The highest BCUT2D eigenvalue weighted by Crippen LogP contribution is 2.20. The van der Waals surface area contributed by atoms with Crippen molar-refractivity contribution in [2.75, 3.05) is 26.9 Å². The van der Waals surface area contributed by atoms with Gasteiger partial charge in [-0.1, -0.05) is 46.1 Å². The lowest BCUT2D eigenvalue weighted by molar-refractivity contribution is 0.195. The Bertz CT molecular complexity index is 447. The molecule has 1 N–H and O–H groups in total. The molecule has 0 aromatic carbocycles. The normalized spacial score (nSPS) is 11.9. The van der Waals surface area contributed by atoms with Crippen molar-refractivity contribution in [3.05, 3.63) is 35.8 Å². The van der Waals surface area contributed by atoms with Gasteiger partial charge in [-0.15, -0.1) is 0 Å². The molecule has 0 rings (SSSR count). The van der Waals surface area contributed by atoms with Crippen molar-refractivity contribution in [3.8, 4) is 6.07 Å². The molecule has 0 aliphatic rings. The van der Waals surface area contributed by atoms with Gasteiger partial charge < -0.3 is 14.8 Å². The first-order valence-corrected chi connectivity index (χ1v) is 9.55. The zero-order valence-electron chi connectivity index (χ0n) is 16.4. The third-order valence-electron chi connectivity index (χ3n) is 3.86. The Balaban J connectivity index is 4.71. The lowest BCUT2D eigenvalue weighted by Crippen LogP contribution is -2.09. The SMILES string of the molecule is C=C(OCCCCCC)/C(C#N)=C(\C=C\NCCCOC)CCCC. The second-order valence-electron chi connectivity index (χ2n) is 6.08. The first kappa shape index (κ1) is 23.3. The van der Waals surface area contributed by atoms with Crippen LogP contribution in [0.1, 0.15) is 65.2 Å². The fourth-order valence-corrected chi connectivity index (χ4v) is 2.33. The average Bonchev–Trinajstić information content (AvgIpc) is 2.62. The number of unbranched alkanes of at least 4 members (excludes halogenated alkanes) is 4. The van der Waals surface area contributed by atoms with Crippen LogP contribution in [0.3, 0.4) is 0 Å². The summed E-state index contributed by atoms with van der Waals surface area (Å²) in [7, 11) is 1.70. The molecule has 0 aromatic heterocycles. The van der Waals surface area contributed by atoms with E-state index in [0.717, 1.165) is 57.2 Å². The molecular formula is C21H36N2O2. The van der Waals surface area contributed by atoms with Crippen molar-refractivity contribution < 1.29 is 9.47 Å². The predicted molar refractivity (Wildman–Crippen MR) is 105 cm³/mol. The van der Waals surface area contributed by atoms with E-state index in [1.54, 1.807) is 7.11 Å². The maximum atomic E-state index is 9.56. The molecule has 4 heteroatoms. The topological polar surface area (TPSA) is 54.3 Å². The number of hydrogen-bond acceptors (Lipinski definition) is 4. The van der Waals surface area contributed by atoms with Crippen LogP contribution in [0, 0.1) is 11.3 Å². The Labute approximate surface area is 154 Å². The van der Waals surface area contributed by atoms with Crippen molar-refractivity contribution in [2.24, 2.45) is 0 Å². The maximum absolute atomic E-state index is 9.56. The minimum Gasteiger partial charge on any atom is -0.493 e. The van der Waals surface area contributed by atoms with Crippen LogP contribution in [0.25, 0.3) is 0 Å². The van der Waals surface area contributed by atoms with Crippen LogP contribution in [0.2, 0.25) is 0 Å². The molecule has 0 aliphatic heterocycles. The second kappa shape index (κ2) is 17.1. The first-order chi connectivity index (χ1) is 12.2. The van der Waals surface area contributed by atoms with Crippen LogP contribution in [-0.4, -0.2) is 26.9 Å². The molecule has 0 heterocycles. The largest absolute Gasteiger partial charge is 0.493 e. The molecule has 0 radical (unpaired) electrons. The van der Waals surface area contributed by atoms with E-state index in [0.29, 0.717) is 17.9 Å². The summed E-state index contributed by atoms with van der Waals surface area (Å²) in [5, 5.41) is 12.8. The van der Waals surface area contributed by atoms with Gasteiger partial charge in [0, 0.05) is 20.3 Å². The van der Waals surface area contributed by atoms with Gasteiger partial charge >= 0.3 is 0 Å². The number of nitrogens with zero attached hydrogens (tertiary/aromatic N) is 1. The van der Waals surface area contributed by atoms with Crippen LogP contribution in [0.4, 0.5) is 0 Å². The van der Waals surface area contributed by atoms with E-state index in [9.17, 15) is 5.26 Å². The first-order valence-electron chi connectivity index (χ1n) is 9.55. The molecule has 0 unspecified atom stereocenters. The summed E-state index contributed by atoms with van der Waals surface area (Å²) < 4.78 is 10.7.